The first-order chi connectivity index (χ1) is 10.3. The first kappa shape index (κ1) is 16.2. The van der Waals surface area contributed by atoms with E-state index in [9.17, 15) is 0 Å². The molecule has 0 bridgehead atoms. The molecule has 0 aromatic heterocycles. The third-order valence-electron chi connectivity index (χ3n) is 3.93. The van der Waals surface area contributed by atoms with Crippen molar-refractivity contribution in [2.45, 2.75) is 38.1 Å². The Morgan fingerprint density at radius 2 is 2.29 bits per heavy atom. The summed E-state index contributed by atoms with van der Waals surface area (Å²) in [4.78, 5) is 2.46. The van der Waals surface area contributed by atoms with Crippen molar-refractivity contribution in [1.82, 2.24) is 4.90 Å². The first-order valence-corrected chi connectivity index (χ1v) is 8.31. The molecule has 3 heteroatoms. The van der Waals surface area contributed by atoms with Gasteiger partial charge in [0.15, 0.2) is 0 Å². The Balaban J connectivity index is 1.80. The molecule has 0 N–H and O–H groups in total. The molecule has 1 aliphatic heterocycles. The van der Waals surface area contributed by atoms with E-state index >= 15 is 0 Å². The fourth-order valence-electron chi connectivity index (χ4n) is 2.70. The van der Waals surface area contributed by atoms with Crippen LogP contribution in [0.2, 0.25) is 0 Å². The molecule has 1 fully saturated rings. The van der Waals surface area contributed by atoms with E-state index in [1.54, 1.807) is 0 Å². The Kier molecular flexibility index (Phi) is 6.92. The number of rotatable bonds is 5. The zero-order chi connectivity index (χ0) is 14.9. The molecule has 1 aromatic rings. The molecule has 1 aromatic carbocycles. The molecule has 0 amide bonds. The standard InChI is InChI=1S/C18H24ClNO/c1-20-13-5-3-9-17(20)11-14-21-18-10-6-8-16(15-18)7-2-4-12-19/h6,8,10,15,17H,3-5,9,11-14H2,1H3. The van der Waals surface area contributed by atoms with Crippen LogP contribution in [0.4, 0.5) is 0 Å². The summed E-state index contributed by atoms with van der Waals surface area (Å²) in [6.07, 6.45) is 5.79. The molecule has 21 heavy (non-hydrogen) atoms. The maximum atomic E-state index is 5.88. The maximum Gasteiger partial charge on any atom is 0.120 e. The molecule has 0 aliphatic carbocycles. The van der Waals surface area contributed by atoms with Gasteiger partial charge in [0.05, 0.1) is 6.61 Å². The summed E-state index contributed by atoms with van der Waals surface area (Å²) in [6, 6.07) is 8.67. The average Bonchev–Trinajstić information content (AvgIpc) is 2.50. The van der Waals surface area contributed by atoms with Gasteiger partial charge in [0.1, 0.15) is 5.75 Å². The summed E-state index contributed by atoms with van der Waals surface area (Å²) in [6.45, 7) is 1.99. The zero-order valence-electron chi connectivity index (χ0n) is 12.8. The van der Waals surface area contributed by atoms with Gasteiger partial charge in [-0.3, -0.25) is 0 Å². The van der Waals surface area contributed by atoms with Crippen molar-refractivity contribution in [3.05, 3.63) is 29.8 Å². The molecule has 0 spiro atoms. The van der Waals surface area contributed by atoms with Crippen LogP contribution in [0.25, 0.3) is 0 Å². The molecular formula is C18H24ClNO. The number of alkyl halides is 1. The van der Waals surface area contributed by atoms with Crippen molar-refractivity contribution < 1.29 is 4.74 Å². The summed E-state index contributed by atoms with van der Waals surface area (Å²) in [7, 11) is 2.22. The molecule has 1 saturated heterocycles. The lowest BCUT2D eigenvalue weighted by molar-refractivity contribution is 0.153. The minimum Gasteiger partial charge on any atom is -0.493 e. The number of piperidine rings is 1. The molecule has 1 aliphatic rings. The Labute approximate surface area is 133 Å². The van der Waals surface area contributed by atoms with Gasteiger partial charge in [0.2, 0.25) is 0 Å². The predicted octanol–water partition coefficient (Wildman–Crippen LogP) is 3.92. The van der Waals surface area contributed by atoms with Crippen molar-refractivity contribution in [2.75, 3.05) is 26.1 Å². The molecule has 1 heterocycles. The molecule has 1 unspecified atom stereocenters. The smallest absolute Gasteiger partial charge is 0.120 e. The van der Waals surface area contributed by atoms with Gasteiger partial charge in [0.25, 0.3) is 0 Å². The van der Waals surface area contributed by atoms with E-state index in [4.69, 9.17) is 16.3 Å². The van der Waals surface area contributed by atoms with E-state index in [1.165, 1.54) is 25.8 Å². The summed E-state index contributed by atoms with van der Waals surface area (Å²) in [5.74, 6) is 7.65. The van der Waals surface area contributed by atoms with Crippen LogP contribution in [0, 0.1) is 11.8 Å². The van der Waals surface area contributed by atoms with Gasteiger partial charge in [0, 0.05) is 23.9 Å². The predicted molar refractivity (Wildman–Crippen MR) is 89.0 cm³/mol. The summed E-state index contributed by atoms with van der Waals surface area (Å²) < 4.78 is 5.88. The van der Waals surface area contributed by atoms with Crippen LogP contribution in [0.15, 0.2) is 24.3 Å². The average molecular weight is 306 g/mol. The third-order valence-corrected chi connectivity index (χ3v) is 4.12. The summed E-state index contributed by atoms with van der Waals surface area (Å²) >= 11 is 5.62. The van der Waals surface area contributed by atoms with Crippen molar-refractivity contribution in [1.29, 1.82) is 0 Å². The monoisotopic (exact) mass is 305 g/mol. The minimum absolute atomic E-state index is 0.581. The molecule has 2 rings (SSSR count). The van der Waals surface area contributed by atoms with Gasteiger partial charge in [-0.1, -0.05) is 24.3 Å². The molecule has 114 valence electrons. The second-order valence-electron chi connectivity index (χ2n) is 5.54. The lowest BCUT2D eigenvalue weighted by Gasteiger charge is -2.32. The second-order valence-corrected chi connectivity index (χ2v) is 5.91. The third kappa shape index (κ3) is 5.61. The van der Waals surface area contributed by atoms with E-state index < -0.39 is 0 Å². The quantitative estimate of drug-likeness (QED) is 0.604. The van der Waals surface area contributed by atoms with Crippen LogP contribution >= 0.6 is 11.6 Å². The van der Waals surface area contributed by atoms with Crippen LogP contribution < -0.4 is 4.74 Å². The summed E-state index contributed by atoms with van der Waals surface area (Å²) in [5.41, 5.74) is 0.993. The van der Waals surface area contributed by atoms with Crippen LogP contribution in [-0.4, -0.2) is 37.0 Å². The Morgan fingerprint density at radius 1 is 1.38 bits per heavy atom. The molecule has 0 radical (unpaired) electrons. The number of halogens is 1. The fraction of sp³-hybridized carbons (Fsp3) is 0.556. The molecule has 0 saturated carbocycles. The van der Waals surface area contributed by atoms with Crippen molar-refractivity contribution >= 4 is 11.6 Å². The lowest BCUT2D eigenvalue weighted by atomic mass is 10.0. The number of benzene rings is 1. The van der Waals surface area contributed by atoms with Crippen LogP contribution in [0.3, 0.4) is 0 Å². The van der Waals surface area contributed by atoms with Crippen molar-refractivity contribution in [2.24, 2.45) is 0 Å². The lowest BCUT2D eigenvalue weighted by Crippen LogP contribution is -2.37. The van der Waals surface area contributed by atoms with Gasteiger partial charge in [-0.15, -0.1) is 11.6 Å². The summed E-state index contributed by atoms with van der Waals surface area (Å²) in [5, 5.41) is 0. The van der Waals surface area contributed by atoms with E-state index in [2.05, 4.69) is 23.8 Å². The first-order valence-electron chi connectivity index (χ1n) is 7.77. The topological polar surface area (TPSA) is 12.5 Å². The SMILES string of the molecule is CN1CCCCC1CCOc1cccc(C#CCCCl)c1. The highest BCUT2D eigenvalue weighted by Crippen LogP contribution is 2.19. The highest BCUT2D eigenvalue weighted by molar-refractivity contribution is 6.18. The van der Waals surface area contributed by atoms with Gasteiger partial charge >= 0.3 is 0 Å². The second kappa shape index (κ2) is 8.97. The number of ether oxygens (including phenoxy) is 1. The largest absolute Gasteiger partial charge is 0.493 e. The van der Waals surface area contributed by atoms with Gasteiger partial charge in [-0.05, 0) is 51.1 Å². The Morgan fingerprint density at radius 3 is 3.10 bits per heavy atom. The van der Waals surface area contributed by atoms with Gasteiger partial charge < -0.3 is 9.64 Å². The van der Waals surface area contributed by atoms with E-state index in [-0.39, 0.29) is 0 Å². The molecular weight excluding hydrogens is 282 g/mol. The number of hydrogen-bond donors (Lipinski definition) is 0. The Bertz CT molecular complexity index is 491. The van der Waals surface area contributed by atoms with Crippen LogP contribution in [-0.2, 0) is 0 Å². The minimum atomic E-state index is 0.581. The van der Waals surface area contributed by atoms with Crippen molar-refractivity contribution in [3.8, 4) is 17.6 Å². The van der Waals surface area contributed by atoms with Gasteiger partial charge in [-0.25, -0.2) is 0 Å². The Hall–Kier alpha value is -1.17. The van der Waals surface area contributed by atoms with Crippen LogP contribution in [0.1, 0.15) is 37.7 Å². The van der Waals surface area contributed by atoms with Gasteiger partial charge in [-0.2, -0.15) is 0 Å². The fourth-order valence-corrected chi connectivity index (χ4v) is 2.79. The number of likely N-dealkylation sites (tertiary alicyclic amines) is 1. The molecule has 2 nitrogen and oxygen atoms in total. The number of hydrogen-bond acceptors (Lipinski definition) is 2. The highest BCUT2D eigenvalue weighted by atomic mass is 35.5. The number of nitrogens with zero attached hydrogens (tertiary/aromatic N) is 1. The molecule has 1 atom stereocenters. The zero-order valence-corrected chi connectivity index (χ0v) is 13.5. The van der Waals surface area contributed by atoms with E-state index in [1.807, 2.05) is 24.3 Å². The van der Waals surface area contributed by atoms with E-state index in [0.29, 0.717) is 11.9 Å². The van der Waals surface area contributed by atoms with Crippen LogP contribution in [0.5, 0.6) is 5.75 Å². The van der Waals surface area contributed by atoms with Crippen molar-refractivity contribution in [3.63, 3.8) is 0 Å². The highest BCUT2D eigenvalue weighted by Gasteiger charge is 2.18. The normalized spacial score (nSPS) is 18.9. The van der Waals surface area contributed by atoms with E-state index in [0.717, 1.165) is 30.8 Å². The maximum absolute atomic E-state index is 5.88.